The highest BCUT2D eigenvalue weighted by molar-refractivity contribution is 7.89. The van der Waals surface area contributed by atoms with Gasteiger partial charge in [-0.05, 0) is 39.0 Å². The third-order valence-corrected chi connectivity index (χ3v) is 11.2. The van der Waals surface area contributed by atoms with Crippen LogP contribution in [0.5, 0.6) is 0 Å². The Bertz CT molecular complexity index is 1220. The lowest BCUT2D eigenvalue weighted by atomic mass is 10.0. The van der Waals surface area contributed by atoms with Crippen molar-refractivity contribution in [1.29, 1.82) is 0 Å². The SMILES string of the molecule is CN1CCC(N2CCN(C(=O)COC[C@@H]3CC(F)(F)CCN3S(=O)(=O)c3csc4ccccc34)CC2)CC1. The number of benzene rings is 1. The van der Waals surface area contributed by atoms with Gasteiger partial charge in [0.05, 0.1) is 12.6 Å². The predicted molar refractivity (Wildman–Crippen MR) is 143 cm³/mol. The molecule has 12 heteroatoms. The number of ether oxygens (including phenoxy) is 1. The van der Waals surface area contributed by atoms with E-state index in [0.29, 0.717) is 24.5 Å². The number of fused-ring (bicyclic) bond motifs is 1. The minimum absolute atomic E-state index is 0.131. The van der Waals surface area contributed by atoms with Crippen molar-refractivity contribution in [3.8, 4) is 0 Å². The second kappa shape index (κ2) is 11.4. The van der Waals surface area contributed by atoms with Crippen LogP contribution in [0.15, 0.2) is 34.5 Å². The van der Waals surface area contributed by atoms with Gasteiger partial charge < -0.3 is 14.5 Å². The van der Waals surface area contributed by atoms with Crippen molar-refractivity contribution >= 4 is 37.4 Å². The maximum absolute atomic E-state index is 14.3. The van der Waals surface area contributed by atoms with Crippen molar-refractivity contribution in [3.63, 3.8) is 0 Å². The van der Waals surface area contributed by atoms with Crippen LogP contribution in [0.25, 0.3) is 10.1 Å². The summed E-state index contributed by atoms with van der Waals surface area (Å²) < 4.78 is 63.4. The lowest BCUT2D eigenvalue weighted by Gasteiger charge is -2.42. The van der Waals surface area contributed by atoms with Crippen LogP contribution in [0, 0.1) is 0 Å². The van der Waals surface area contributed by atoms with Crippen LogP contribution < -0.4 is 0 Å². The molecular weight excluding hydrogens is 534 g/mol. The summed E-state index contributed by atoms with van der Waals surface area (Å²) >= 11 is 1.31. The first kappa shape index (κ1) is 27.9. The number of amides is 1. The van der Waals surface area contributed by atoms with Gasteiger partial charge in [-0.3, -0.25) is 9.69 Å². The van der Waals surface area contributed by atoms with Gasteiger partial charge in [0.25, 0.3) is 5.92 Å². The Morgan fingerprint density at radius 3 is 2.53 bits per heavy atom. The molecule has 3 fully saturated rings. The first-order valence-corrected chi connectivity index (χ1v) is 15.6. The first-order chi connectivity index (χ1) is 18.1. The molecule has 3 saturated heterocycles. The molecule has 0 radical (unpaired) electrons. The maximum Gasteiger partial charge on any atom is 0.251 e. The van der Waals surface area contributed by atoms with Crippen molar-refractivity contribution in [3.05, 3.63) is 29.6 Å². The number of rotatable bonds is 7. The van der Waals surface area contributed by atoms with E-state index in [2.05, 4.69) is 16.8 Å². The number of hydrogen-bond acceptors (Lipinski definition) is 7. The molecule has 1 atom stereocenters. The summed E-state index contributed by atoms with van der Waals surface area (Å²) in [6.45, 7) is 4.25. The van der Waals surface area contributed by atoms with Crippen LogP contribution in [-0.2, 0) is 19.6 Å². The van der Waals surface area contributed by atoms with Crippen molar-refractivity contribution in [1.82, 2.24) is 19.0 Å². The Hall–Kier alpha value is -1.70. The average Bonchev–Trinajstić information content (AvgIpc) is 3.34. The van der Waals surface area contributed by atoms with Gasteiger partial charge in [0.15, 0.2) is 0 Å². The standard InChI is InChI=1S/C26H36F2N4O4S2/c1-29-9-6-20(7-10-29)30-12-14-31(15-13-30)25(33)18-36-17-21-16-26(27,28)8-11-32(21)38(34,35)24-19-37-23-5-3-2-4-22(23)24/h2-5,19-21H,6-18H2,1H3/t21-/m0/s1. The molecule has 0 spiro atoms. The van der Waals surface area contributed by atoms with Gasteiger partial charge in [0.2, 0.25) is 15.9 Å². The van der Waals surface area contributed by atoms with E-state index in [0.717, 1.165) is 48.0 Å². The van der Waals surface area contributed by atoms with E-state index in [-0.39, 0.29) is 30.6 Å². The number of piperidine rings is 2. The second-order valence-electron chi connectivity index (χ2n) is 10.6. The summed E-state index contributed by atoms with van der Waals surface area (Å²) in [6.07, 6.45) is 1.11. The number of thiophene rings is 1. The summed E-state index contributed by atoms with van der Waals surface area (Å²) in [4.78, 5) is 19.5. The van der Waals surface area contributed by atoms with Gasteiger partial charge in [-0.2, -0.15) is 4.31 Å². The first-order valence-electron chi connectivity index (χ1n) is 13.3. The highest BCUT2D eigenvalue weighted by atomic mass is 32.2. The molecular formula is C26H36F2N4O4S2. The highest BCUT2D eigenvalue weighted by Gasteiger charge is 2.45. The van der Waals surface area contributed by atoms with E-state index in [1.54, 1.807) is 22.4 Å². The number of piperazine rings is 1. The van der Waals surface area contributed by atoms with Gasteiger partial charge >= 0.3 is 0 Å². The van der Waals surface area contributed by atoms with E-state index < -0.39 is 34.8 Å². The van der Waals surface area contributed by atoms with E-state index in [9.17, 15) is 22.0 Å². The fourth-order valence-electron chi connectivity index (χ4n) is 5.81. The topological polar surface area (TPSA) is 73.4 Å². The van der Waals surface area contributed by atoms with Crippen LogP contribution >= 0.6 is 11.3 Å². The zero-order chi connectivity index (χ0) is 26.9. The number of alkyl halides is 2. The highest BCUT2D eigenvalue weighted by Crippen LogP contribution is 2.38. The Balaban J connectivity index is 1.17. The zero-order valence-corrected chi connectivity index (χ0v) is 23.4. The van der Waals surface area contributed by atoms with Gasteiger partial charge in [0.1, 0.15) is 11.5 Å². The Kier molecular flexibility index (Phi) is 8.37. The average molecular weight is 571 g/mol. The third-order valence-electron chi connectivity index (χ3n) is 8.08. The molecule has 8 nitrogen and oxygen atoms in total. The van der Waals surface area contributed by atoms with Crippen LogP contribution in [0.4, 0.5) is 8.78 Å². The number of likely N-dealkylation sites (tertiary alicyclic amines) is 1. The molecule has 5 rings (SSSR count). The second-order valence-corrected chi connectivity index (χ2v) is 13.4. The predicted octanol–water partition coefficient (Wildman–Crippen LogP) is 2.94. The van der Waals surface area contributed by atoms with Gasteiger partial charge in [-0.25, -0.2) is 17.2 Å². The number of hydrogen-bond donors (Lipinski definition) is 0. The van der Waals surface area contributed by atoms with E-state index in [4.69, 9.17) is 4.74 Å². The molecule has 0 bridgehead atoms. The normalized spacial score (nSPS) is 24.7. The molecule has 3 aliphatic rings. The third kappa shape index (κ3) is 6.05. The van der Waals surface area contributed by atoms with Crippen LogP contribution in [0.2, 0.25) is 0 Å². The number of carbonyl (C=O) groups is 1. The van der Waals surface area contributed by atoms with E-state index >= 15 is 0 Å². The maximum atomic E-state index is 14.3. The molecule has 1 aromatic heterocycles. The quantitative estimate of drug-likeness (QED) is 0.510. The summed E-state index contributed by atoms with van der Waals surface area (Å²) in [7, 11) is -1.87. The van der Waals surface area contributed by atoms with Crippen LogP contribution in [0.3, 0.4) is 0 Å². The Labute approximate surface area is 227 Å². The lowest BCUT2D eigenvalue weighted by Crippen LogP contribution is -2.55. The van der Waals surface area contributed by atoms with Crippen molar-refractivity contribution in [2.75, 3.05) is 66.1 Å². The van der Waals surface area contributed by atoms with Crippen LogP contribution in [-0.4, -0.2) is 117 Å². The number of carbonyl (C=O) groups excluding carboxylic acids is 1. The molecule has 0 aliphatic carbocycles. The molecule has 4 heterocycles. The molecule has 0 N–H and O–H groups in total. The fourth-order valence-corrected chi connectivity index (χ4v) is 8.90. The minimum Gasteiger partial charge on any atom is -0.370 e. The molecule has 2 aromatic rings. The number of halogens is 2. The Morgan fingerprint density at radius 2 is 1.79 bits per heavy atom. The van der Waals surface area contributed by atoms with E-state index in [1.165, 1.54) is 11.3 Å². The molecule has 0 saturated carbocycles. The summed E-state index contributed by atoms with van der Waals surface area (Å²) in [6, 6.07) is 6.67. The van der Waals surface area contributed by atoms with Crippen molar-refractivity contribution in [2.45, 2.75) is 48.6 Å². The summed E-state index contributed by atoms with van der Waals surface area (Å²) in [5, 5.41) is 2.16. The van der Waals surface area contributed by atoms with Crippen LogP contribution in [0.1, 0.15) is 25.7 Å². The Morgan fingerprint density at radius 1 is 1.08 bits per heavy atom. The largest absolute Gasteiger partial charge is 0.370 e. The molecule has 0 unspecified atom stereocenters. The molecule has 1 amide bonds. The lowest BCUT2D eigenvalue weighted by molar-refractivity contribution is -0.139. The molecule has 3 aliphatic heterocycles. The van der Waals surface area contributed by atoms with Gasteiger partial charge in [-0.1, -0.05) is 18.2 Å². The minimum atomic E-state index is -4.01. The monoisotopic (exact) mass is 570 g/mol. The van der Waals surface area contributed by atoms with E-state index in [1.807, 2.05) is 12.1 Å². The smallest absolute Gasteiger partial charge is 0.251 e. The van der Waals surface area contributed by atoms with Crippen molar-refractivity contribution < 1.29 is 26.7 Å². The summed E-state index contributed by atoms with van der Waals surface area (Å²) in [5.74, 6) is -3.17. The molecule has 38 heavy (non-hydrogen) atoms. The molecule has 210 valence electrons. The van der Waals surface area contributed by atoms with Gasteiger partial charge in [0, 0.05) is 67.1 Å². The fraction of sp³-hybridized carbons (Fsp3) is 0.654. The number of nitrogens with zero attached hydrogens (tertiary/aromatic N) is 4. The number of sulfonamides is 1. The summed E-state index contributed by atoms with van der Waals surface area (Å²) in [5.41, 5.74) is 0. The van der Waals surface area contributed by atoms with Crippen molar-refractivity contribution in [2.24, 2.45) is 0 Å². The van der Waals surface area contributed by atoms with Gasteiger partial charge in [-0.15, -0.1) is 11.3 Å². The zero-order valence-electron chi connectivity index (χ0n) is 21.7. The molecule has 1 aromatic carbocycles.